The third kappa shape index (κ3) is 6.20. The molecule has 1 aliphatic carbocycles. The van der Waals surface area contributed by atoms with E-state index < -0.39 is 0 Å². The smallest absolute Gasteiger partial charge is 0.0791 e. The second-order valence-corrected chi connectivity index (χ2v) is 8.63. The molecular weight excluding hydrogens is 362 g/mol. The van der Waals surface area contributed by atoms with E-state index in [-0.39, 0.29) is 5.41 Å². The molecule has 156 valence electrons. The molecule has 1 heteroatoms. The van der Waals surface area contributed by atoms with Crippen LogP contribution in [0.3, 0.4) is 0 Å². The Kier molecular flexibility index (Phi) is 8.52. The molecule has 0 bridgehead atoms. The Hall–Kier alpha value is -2.59. The van der Waals surface area contributed by atoms with Gasteiger partial charge in [0.1, 0.15) is 0 Å². The number of nitrogens with zero attached hydrogens (tertiary/aromatic N) is 1. The number of hydrogen-bond donors (Lipinski definition) is 0. The summed E-state index contributed by atoms with van der Waals surface area (Å²) in [6.07, 6.45) is 18.9. The molecule has 2 aromatic carbocycles. The molecule has 0 fully saturated rings. The Morgan fingerprint density at radius 2 is 1.37 bits per heavy atom. The van der Waals surface area contributed by atoms with Crippen molar-refractivity contribution in [2.75, 3.05) is 0 Å². The van der Waals surface area contributed by atoms with Gasteiger partial charge in [0.15, 0.2) is 0 Å². The van der Waals surface area contributed by atoms with Gasteiger partial charge in [-0.2, -0.15) is 5.26 Å². The van der Waals surface area contributed by atoms with Crippen LogP contribution in [0.5, 0.6) is 0 Å². The van der Waals surface area contributed by atoms with E-state index in [2.05, 4.69) is 79.8 Å². The lowest BCUT2D eigenvalue weighted by atomic mass is 9.76. The van der Waals surface area contributed by atoms with Crippen LogP contribution in [-0.2, 0) is 0 Å². The van der Waals surface area contributed by atoms with E-state index in [0.29, 0.717) is 0 Å². The summed E-state index contributed by atoms with van der Waals surface area (Å²) in [5, 5.41) is 9.83. The first-order valence-corrected chi connectivity index (χ1v) is 11.7. The average Bonchev–Trinajstić information content (AvgIpc) is 2.82. The summed E-state index contributed by atoms with van der Waals surface area (Å²) in [6, 6.07) is 21.8. The monoisotopic (exact) mass is 397 g/mol. The zero-order chi connectivity index (χ0) is 21.1. The first kappa shape index (κ1) is 22.1. The highest BCUT2D eigenvalue weighted by Crippen LogP contribution is 2.37. The van der Waals surface area contributed by atoms with E-state index in [1.54, 1.807) is 0 Å². The Labute approximate surface area is 183 Å². The van der Waals surface area contributed by atoms with Gasteiger partial charge in [-0.15, -0.1) is 0 Å². The topological polar surface area (TPSA) is 23.8 Å². The van der Waals surface area contributed by atoms with Gasteiger partial charge in [0, 0.05) is 0 Å². The highest BCUT2D eigenvalue weighted by molar-refractivity contribution is 5.77. The molecule has 0 amide bonds. The van der Waals surface area contributed by atoms with Gasteiger partial charge in [0.2, 0.25) is 0 Å². The summed E-state index contributed by atoms with van der Waals surface area (Å²) >= 11 is 0. The van der Waals surface area contributed by atoms with Gasteiger partial charge in [0.05, 0.1) is 11.5 Å². The number of hydrogen-bond acceptors (Lipinski definition) is 1. The SMILES string of the molecule is CCCCCCCCCCC1(C#N)C=CC(c2ccc(-c3ccccc3)cc2)=CC1. The lowest BCUT2D eigenvalue weighted by molar-refractivity contribution is 0.431. The van der Waals surface area contributed by atoms with Crippen molar-refractivity contribution < 1.29 is 0 Å². The maximum atomic E-state index is 9.83. The van der Waals surface area contributed by atoms with E-state index in [1.165, 1.54) is 67.2 Å². The van der Waals surface area contributed by atoms with E-state index in [4.69, 9.17) is 0 Å². The third-order valence-electron chi connectivity index (χ3n) is 6.29. The fourth-order valence-corrected chi connectivity index (χ4v) is 4.28. The molecule has 1 aliphatic rings. The number of rotatable bonds is 11. The summed E-state index contributed by atoms with van der Waals surface area (Å²) in [4.78, 5) is 0. The molecule has 0 saturated carbocycles. The maximum Gasteiger partial charge on any atom is 0.0791 e. The van der Waals surface area contributed by atoms with Crippen molar-refractivity contribution in [3.05, 3.63) is 78.4 Å². The lowest BCUT2D eigenvalue weighted by Crippen LogP contribution is -2.17. The zero-order valence-electron chi connectivity index (χ0n) is 18.4. The second kappa shape index (κ2) is 11.6. The van der Waals surface area contributed by atoms with E-state index >= 15 is 0 Å². The molecular formula is C29H35N. The molecule has 0 aromatic heterocycles. The second-order valence-electron chi connectivity index (χ2n) is 8.63. The van der Waals surface area contributed by atoms with Crippen LogP contribution in [0, 0.1) is 16.7 Å². The highest BCUT2D eigenvalue weighted by Gasteiger charge is 2.27. The largest absolute Gasteiger partial charge is 0.197 e. The van der Waals surface area contributed by atoms with Gasteiger partial charge in [0.25, 0.3) is 0 Å². The summed E-state index contributed by atoms with van der Waals surface area (Å²) in [6.45, 7) is 2.26. The molecule has 0 aliphatic heterocycles. The van der Waals surface area contributed by atoms with Crippen molar-refractivity contribution in [2.45, 2.75) is 71.1 Å². The van der Waals surface area contributed by atoms with Crippen molar-refractivity contribution in [2.24, 2.45) is 5.41 Å². The van der Waals surface area contributed by atoms with E-state index in [0.717, 1.165) is 19.3 Å². The molecule has 0 radical (unpaired) electrons. The minimum atomic E-state index is -0.310. The molecule has 2 aromatic rings. The average molecular weight is 398 g/mol. The molecule has 30 heavy (non-hydrogen) atoms. The fourth-order valence-electron chi connectivity index (χ4n) is 4.28. The molecule has 0 heterocycles. The molecule has 0 spiro atoms. The molecule has 1 unspecified atom stereocenters. The van der Waals surface area contributed by atoms with Crippen molar-refractivity contribution in [1.82, 2.24) is 0 Å². The van der Waals surface area contributed by atoms with E-state index in [1.807, 2.05) is 6.07 Å². The highest BCUT2D eigenvalue weighted by atomic mass is 14.4. The van der Waals surface area contributed by atoms with Crippen molar-refractivity contribution in [3.8, 4) is 17.2 Å². The van der Waals surface area contributed by atoms with Crippen LogP contribution in [0.2, 0.25) is 0 Å². The fraction of sp³-hybridized carbons (Fsp3) is 0.414. The Bertz CT molecular complexity index is 867. The Morgan fingerprint density at radius 3 is 1.97 bits per heavy atom. The van der Waals surface area contributed by atoms with Crippen molar-refractivity contribution >= 4 is 5.57 Å². The Morgan fingerprint density at radius 1 is 0.767 bits per heavy atom. The minimum Gasteiger partial charge on any atom is -0.197 e. The normalized spacial score (nSPS) is 18.1. The molecule has 1 atom stereocenters. The summed E-state index contributed by atoms with van der Waals surface area (Å²) in [7, 11) is 0. The standard InChI is InChI=1S/C29H35N/c1-2-3-4-5-6-7-8-12-21-29(24-30)22-19-28(20-23-29)27-17-15-26(16-18-27)25-13-10-9-11-14-25/h9-11,13-20,22H,2-8,12,21,23H2,1H3. The van der Waals surface area contributed by atoms with Gasteiger partial charge >= 0.3 is 0 Å². The van der Waals surface area contributed by atoms with Gasteiger partial charge in [-0.25, -0.2) is 0 Å². The van der Waals surface area contributed by atoms with Gasteiger partial charge in [-0.1, -0.05) is 131 Å². The van der Waals surface area contributed by atoms with Crippen LogP contribution >= 0.6 is 0 Å². The van der Waals surface area contributed by atoms with Gasteiger partial charge < -0.3 is 0 Å². The zero-order valence-corrected chi connectivity index (χ0v) is 18.4. The quantitative estimate of drug-likeness (QED) is 0.348. The predicted octanol–water partition coefficient (Wildman–Crippen LogP) is 8.74. The van der Waals surface area contributed by atoms with Crippen LogP contribution in [0.1, 0.15) is 76.7 Å². The molecule has 0 saturated heterocycles. The first-order chi connectivity index (χ1) is 14.8. The van der Waals surface area contributed by atoms with E-state index in [9.17, 15) is 5.26 Å². The van der Waals surface area contributed by atoms with Crippen LogP contribution in [0.25, 0.3) is 16.7 Å². The first-order valence-electron chi connectivity index (χ1n) is 11.7. The Balaban J connectivity index is 1.49. The van der Waals surface area contributed by atoms with Crippen LogP contribution < -0.4 is 0 Å². The van der Waals surface area contributed by atoms with Crippen molar-refractivity contribution in [1.29, 1.82) is 5.26 Å². The molecule has 3 rings (SSSR count). The summed E-state index contributed by atoms with van der Waals surface area (Å²) in [5.74, 6) is 0. The number of allylic oxidation sites excluding steroid dienone is 4. The lowest BCUT2D eigenvalue weighted by Gasteiger charge is -2.25. The van der Waals surface area contributed by atoms with Crippen LogP contribution in [-0.4, -0.2) is 0 Å². The maximum absolute atomic E-state index is 9.83. The summed E-state index contributed by atoms with van der Waals surface area (Å²) in [5.41, 5.74) is 4.63. The van der Waals surface area contributed by atoms with Crippen LogP contribution in [0.4, 0.5) is 0 Å². The van der Waals surface area contributed by atoms with Crippen molar-refractivity contribution in [3.63, 3.8) is 0 Å². The van der Waals surface area contributed by atoms with Gasteiger partial charge in [-0.05, 0) is 35.1 Å². The molecule has 0 N–H and O–H groups in total. The number of unbranched alkanes of at least 4 members (excludes halogenated alkanes) is 7. The number of benzene rings is 2. The molecule has 1 nitrogen and oxygen atoms in total. The van der Waals surface area contributed by atoms with Gasteiger partial charge in [-0.3, -0.25) is 0 Å². The minimum absolute atomic E-state index is 0.310. The van der Waals surface area contributed by atoms with Crippen LogP contribution in [0.15, 0.2) is 72.8 Å². The summed E-state index contributed by atoms with van der Waals surface area (Å²) < 4.78 is 0. The number of nitriles is 1. The predicted molar refractivity (Wildman–Crippen MR) is 129 cm³/mol. The third-order valence-corrected chi connectivity index (χ3v) is 6.29.